The number of methoxy groups -OCH3 is 1. The molecule has 34 heavy (non-hydrogen) atoms. The van der Waals surface area contributed by atoms with Crippen LogP contribution < -0.4 is 14.4 Å². The van der Waals surface area contributed by atoms with Crippen molar-refractivity contribution < 1.29 is 17.9 Å². The third-order valence-corrected chi connectivity index (χ3v) is 7.03. The van der Waals surface area contributed by atoms with E-state index in [1.165, 1.54) is 19.2 Å². The van der Waals surface area contributed by atoms with Crippen molar-refractivity contribution in [2.24, 2.45) is 0 Å². The van der Waals surface area contributed by atoms with Gasteiger partial charge in [0.1, 0.15) is 12.3 Å². The molecule has 0 aromatic heterocycles. The number of sulfonamides is 1. The lowest BCUT2D eigenvalue weighted by atomic mass is 10.0. The molecule has 0 fully saturated rings. The predicted molar refractivity (Wildman–Crippen MR) is 134 cm³/mol. The number of hydrogen-bond acceptors (Lipinski definition) is 4. The summed E-state index contributed by atoms with van der Waals surface area (Å²) in [7, 11) is -2.58. The molecule has 0 heterocycles. The second-order valence-electron chi connectivity index (χ2n) is 7.46. The third kappa shape index (κ3) is 4.94. The normalized spacial score (nSPS) is 11.0. The molecule has 0 aliphatic heterocycles. The molecule has 0 aliphatic rings. The SMILES string of the molecule is COc1ccccc1N(CC(=O)Nc1ccccc1-c1ccccc1)S(=O)(=O)c1ccccc1. The molecule has 0 aliphatic carbocycles. The number of para-hydroxylation sites is 3. The Morgan fingerprint density at radius 1 is 0.794 bits per heavy atom. The van der Waals surface area contributed by atoms with Crippen molar-refractivity contribution in [1.29, 1.82) is 0 Å². The Bertz CT molecular complexity index is 1370. The third-order valence-electron chi connectivity index (χ3n) is 5.26. The average Bonchev–Trinajstić information content (AvgIpc) is 2.88. The number of nitrogens with one attached hydrogen (secondary N) is 1. The highest BCUT2D eigenvalue weighted by Gasteiger charge is 2.29. The van der Waals surface area contributed by atoms with Gasteiger partial charge in [-0.3, -0.25) is 9.10 Å². The zero-order valence-electron chi connectivity index (χ0n) is 18.6. The van der Waals surface area contributed by atoms with Gasteiger partial charge in [0.2, 0.25) is 5.91 Å². The number of benzene rings is 4. The van der Waals surface area contributed by atoms with Crippen molar-refractivity contribution in [3.63, 3.8) is 0 Å². The van der Waals surface area contributed by atoms with Gasteiger partial charge in [0.05, 0.1) is 17.7 Å². The first-order valence-electron chi connectivity index (χ1n) is 10.7. The van der Waals surface area contributed by atoms with Gasteiger partial charge >= 0.3 is 0 Å². The number of amides is 1. The van der Waals surface area contributed by atoms with Crippen LogP contribution in [0, 0.1) is 0 Å². The second kappa shape index (κ2) is 10.2. The van der Waals surface area contributed by atoms with Gasteiger partial charge in [0.15, 0.2) is 0 Å². The fourth-order valence-electron chi connectivity index (χ4n) is 3.64. The topological polar surface area (TPSA) is 75.7 Å². The summed E-state index contributed by atoms with van der Waals surface area (Å²) in [4.78, 5) is 13.3. The van der Waals surface area contributed by atoms with E-state index in [9.17, 15) is 13.2 Å². The van der Waals surface area contributed by atoms with Crippen molar-refractivity contribution in [2.45, 2.75) is 4.90 Å². The van der Waals surface area contributed by atoms with Crippen LogP contribution in [0.25, 0.3) is 11.1 Å². The summed E-state index contributed by atoms with van der Waals surface area (Å²) in [6, 6.07) is 31.8. The molecule has 0 saturated carbocycles. The minimum atomic E-state index is -4.04. The number of nitrogens with zero attached hydrogens (tertiary/aromatic N) is 1. The summed E-state index contributed by atoms with van der Waals surface area (Å²) in [5.41, 5.74) is 2.65. The Hall–Kier alpha value is -4.10. The van der Waals surface area contributed by atoms with Gasteiger partial charge in [-0.05, 0) is 35.9 Å². The molecule has 7 heteroatoms. The van der Waals surface area contributed by atoms with Crippen LogP contribution >= 0.6 is 0 Å². The summed E-state index contributed by atoms with van der Waals surface area (Å²) >= 11 is 0. The molecule has 4 aromatic carbocycles. The van der Waals surface area contributed by atoms with Gasteiger partial charge in [-0.1, -0.05) is 78.9 Å². The molecule has 0 saturated heterocycles. The highest BCUT2D eigenvalue weighted by atomic mass is 32.2. The monoisotopic (exact) mass is 472 g/mol. The molecule has 1 amide bonds. The Morgan fingerprint density at radius 3 is 2.09 bits per heavy atom. The van der Waals surface area contributed by atoms with Crippen molar-refractivity contribution in [3.05, 3.63) is 109 Å². The summed E-state index contributed by atoms with van der Waals surface area (Å²) in [5.74, 6) is -0.131. The minimum Gasteiger partial charge on any atom is -0.495 e. The van der Waals surface area contributed by atoms with Crippen LogP contribution in [-0.4, -0.2) is 28.0 Å². The van der Waals surface area contributed by atoms with Gasteiger partial charge in [-0.15, -0.1) is 0 Å². The van der Waals surface area contributed by atoms with E-state index in [-0.39, 0.29) is 10.6 Å². The molecule has 6 nitrogen and oxygen atoms in total. The maximum Gasteiger partial charge on any atom is 0.264 e. The van der Waals surface area contributed by atoms with Crippen LogP contribution in [0.2, 0.25) is 0 Å². The van der Waals surface area contributed by atoms with E-state index in [0.29, 0.717) is 11.4 Å². The van der Waals surface area contributed by atoms with E-state index in [2.05, 4.69) is 5.32 Å². The first kappa shape index (κ1) is 23.1. The Morgan fingerprint density at radius 2 is 1.38 bits per heavy atom. The molecule has 0 atom stereocenters. The number of rotatable bonds is 8. The highest BCUT2D eigenvalue weighted by Crippen LogP contribution is 2.33. The smallest absolute Gasteiger partial charge is 0.264 e. The van der Waals surface area contributed by atoms with Gasteiger partial charge in [-0.2, -0.15) is 0 Å². The number of anilines is 2. The fraction of sp³-hybridized carbons (Fsp3) is 0.0741. The predicted octanol–water partition coefficient (Wildman–Crippen LogP) is 5.20. The molecule has 0 spiro atoms. The molecule has 4 rings (SSSR count). The van der Waals surface area contributed by atoms with Crippen LogP contribution in [-0.2, 0) is 14.8 Å². The summed E-state index contributed by atoms with van der Waals surface area (Å²) in [6.07, 6.45) is 0. The standard InChI is InChI=1S/C27H24N2O4S/c1-33-26-19-11-10-18-25(26)29(34(31,32)22-14-6-3-7-15-22)20-27(30)28-24-17-9-8-16-23(24)21-12-4-2-5-13-21/h2-19H,20H2,1H3,(H,28,30). The zero-order valence-corrected chi connectivity index (χ0v) is 19.4. The lowest BCUT2D eigenvalue weighted by Crippen LogP contribution is -2.38. The van der Waals surface area contributed by atoms with Gasteiger partial charge < -0.3 is 10.1 Å². The average molecular weight is 473 g/mol. The maximum atomic E-state index is 13.6. The van der Waals surface area contributed by atoms with Crippen LogP contribution in [0.5, 0.6) is 5.75 Å². The van der Waals surface area contributed by atoms with Gasteiger partial charge in [0, 0.05) is 11.3 Å². The van der Waals surface area contributed by atoms with E-state index < -0.39 is 22.5 Å². The summed E-state index contributed by atoms with van der Waals surface area (Å²) in [5, 5.41) is 2.88. The molecular weight excluding hydrogens is 448 g/mol. The molecule has 0 unspecified atom stereocenters. The van der Waals surface area contributed by atoms with E-state index in [1.807, 2.05) is 48.5 Å². The fourth-order valence-corrected chi connectivity index (χ4v) is 5.09. The molecule has 172 valence electrons. The van der Waals surface area contributed by atoms with E-state index in [0.717, 1.165) is 15.4 Å². The van der Waals surface area contributed by atoms with Crippen molar-refractivity contribution in [3.8, 4) is 16.9 Å². The number of carbonyl (C=O) groups is 1. The Balaban J connectivity index is 1.69. The first-order valence-corrected chi connectivity index (χ1v) is 12.1. The van der Waals surface area contributed by atoms with E-state index in [1.54, 1.807) is 48.5 Å². The number of carbonyl (C=O) groups excluding carboxylic acids is 1. The molecule has 0 bridgehead atoms. The summed E-state index contributed by atoms with van der Waals surface area (Å²) < 4.78 is 33.6. The summed E-state index contributed by atoms with van der Waals surface area (Å²) in [6.45, 7) is -0.430. The van der Waals surface area contributed by atoms with Crippen LogP contribution in [0.15, 0.2) is 114 Å². The lowest BCUT2D eigenvalue weighted by Gasteiger charge is -2.25. The quantitative estimate of drug-likeness (QED) is 0.383. The van der Waals surface area contributed by atoms with Crippen LogP contribution in [0.4, 0.5) is 11.4 Å². The van der Waals surface area contributed by atoms with Gasteiger partial charge in [-0.25, -0.2) is 8.42 Å². The Labute approximate surface area is 199 Å². The van der Waals surface area contributed by atoms with Crippen LogP contribution in [0.3, 0.4) is 0 Å². The largest absolute Gasteiger partial charge is 0.495 e. The second-order valence-corrected chi connectivity index (χ2v) is 9.32. The van der Waals surface area contributed by atoms with Crippen molar-refractivity contribution in [1.82, 2.24) is 0 Å². The zero-order chi connectivity index (χ0) is 24.0. The highest BCUT2D eigenvalue weighted by molar-refractivity contribution is 7.92. The van der Waals surface area contributed by atoms with Gasteiger partial charge in [0.25, 0.3) is 10.0 Å². The van der Waals surface area contributed by atoms with Crippen molar-refractivity contribution >= 4 is 27.3 Å². The lowest BCUT2D eigenvalue weighted by molar-refractivity contribution is -0.114. The molecule has 1 N–H and O–H groups in total. The number of hydrogen-bond donors (Lipinski definition) is 1. The minimum absolute atomic E-state index is 0.0818. The molecule has 4 aromatic rings. The number of ether oxygens (including phenoxy) is 1. The van der Waals surface area contributed by atoms with E-state index >= 15 is 0 Å². The molecular formula is C27H24N2O4S. The van der Waals surface area contributed by atoms with Crippen molar-refractivity contribution in [2.75, 3.05) is 23.3 Å². The van der Waals surface area contributed by atoms with E-state index in [4.69, 9.17) is 4.74 Å². The molecule has 0 radical (unpaired) electrons. The maximum absolute atomic E-state index is 13.6. The first-order chi connectivity index (χ1) is 16.5. The Kier molecular flexibility index (Phi) is 6.94. The van der Waals surface area contributed by atoms with Crippen LogP contribution in [0.1, 0.15) is 0 Å².